The van der Waals surface area contributed by atoms with Gasteiger partial charge in [0.25, 0.3) is 17.7 Å². The van der Waals surface area contributed by atoms with Gasteiger partial charge < -0.3 is 39.2 Å². The number of anilines is 2. The average molecular weight is 973 g/mol. The molecule has 3 heterocycles. The van der Waals surface area contributed by atoms with Crippen molar-refractivity contribution in [2.75, 3.05) is 83.1 Å². The summed E-state index contributed by atoms with van der Waals surface area (Å²) in [5, 5.41) is 17.7. The van der Waals surface area contributed by atoms with Crippen molar-refractivity contribution in [1.29, 1.82) is 5.26 Å². The van der Waals surface area contributed by atoms with Crippen LogP contribution < -0.4 is 20.7 Å². The van der Waals surface area contributed by atoms with Crippen LogP contribution >= 0.6 is 0 Å². The maximum absolute atomic E-state index is 15.5. The molecule has 0 radical (unpaired) electrons. The van der Waals surface area contributed by atoms with Gasteiger partial charge in [-0.15, -0.1) is 0 Å². The molecule has 0 spiro atoms. The van der Waals surface area contributed by atoms with E-state index in [9.17, 15) is 37.1 Å². The highest BCUT2D eigenvalue weighted by molar-refractivity contribution is 6.25. The second-order valence-electron chi connectivity index (χ2n) is 17.4. The van der Waals surface area contributed by atoms with Crippen LogP contribution in [0.25, 0.3) is 11.1 Å². The van der Waals surface area contributed by atoms with Crippen molar-refractivity contribution in [3.05, 3.63) is 112 Å². The van der Waals surface area contributed by atoms with Crippen molar-refractivity contribution in [3.8, 4) is 22.9 Å². The highest BCUT2D eigenvalue weighted by Crippen LogP contribution is 2.39. The molecular weight excluding hydrogens is 921 g/mol. The average Bonchev–Trinajstić information content (AvgIpc) is 3.71. The Bertz CT molecular complexity index is 2620. The first kappa shape index (κ1) is 50.9. The first-order chi connectivity index (χ1) is 33.5. The number of nitrogens with zero attached hydrogens (tertiary/aromatic N) is 3. The van der Waals surface area contributed by atoms with Crippen LogP contribution in [0.15, 0.2) is 78.9 Å². The van der Waals surface area contributed by atoms with Crippen molar-refractivity contribution in [2.24, 2.45) is 5.41 Å². The smallest absolute Gasteiger partial charge is 0.417 e. The topological polar surface area (TPSA) is 198 Å². The lowest BCUT2D eigenvalue weighted by Gasteiger charge is -2.27. The Hall–Kier alpha value is -6.92. The molecule has 370 valence electrons. The largest absolute Gasteiger partial charge is 0.480 e. The molecule has 0 bridgehead atoms. The number of hydrogen-bond acceptors (Lipinski definition) is 13. The molecule has 16 nitrogen and oxygen atoms in total. The molecule has 2 atom stereocenters. The van der Waals surface area contributed by atoms with Gasteiger partial charge in [0.1, 0.15) is 17.6 Å². The lowest BCUT2D eigenvalue weighted by Crippen LogP contribution is -2.54. The molecule has 4 aromatic rings. The van der Waals surface area contributed by atoms with Crippen molar-refractivity contribution >= 4 is 40.9 Å². The monoisotopic (exact) mass is 972 g/mol. The van der Waals surface area contributed by atoms with E-state index >= 15 is 4.39 Å². The number of nitriles is 1. The van der Waals surface area contributed by atoms with Gasteiger partial charge in [-0.2, -0.15) is 18.4 Å². The highest BCUT2D eigenvalue weighted by Gasteiger charge is 2.49. The molecule has 3 N–H and O–H groups in total. The number of alkyl halides is 3. The summed E-state index contributed by atoms with van der Waals surface area (Å²) in [5.41, 5.74) is 0.827. The Morgan fingerprint density at radius 1 is 0.786 bits per heavy atom. The van der Waals surface area contributed by atoms with Crippen LogP contribution in [0.3, 0.4) is 0 Å². The minimum Gasteiger partial charge on any atom is -0.480 e. The van der Waals surface area contributed by atoms with E-state index in [0.29, 0.717) is 83.3 Å². The number of piperidine rings is 1. The second kappa shape index (κ2) is 22.7. The second-order valence-corrected chi connectivity index (χ2v) is 17.4. The number of carbonyl (C=O) groups excluding carboxylic acids is 5. The molecule has 7 rings (SSSR count). The number of benzene rings is 4. The minimum absolute atomic E-state index is 0.0437. The highest BCUT2D eigenvalue weighted by atomic mass is 19.4. The Kier molecular flexibility index (Phi) is 16.5. The van der Waals surface area contributed by atoms with Crippen LogP contribution in [0.1, 0.15) is 64.1 Å². The van der Waals surface area contributed by atoms with Gasteiger partial charge in [0.05, 0.1) is 81.2 Å². The van der Waals surface area contributed by atoms with E-state index in [1.165, 1.54) is 29.2 Å². The predicted octanol–water partition coefficient (Wildman–Crippen LogP) is 6.19. The zero-order chi connectivity index (χ0) is 50.0. The number of rotatable bonds is 23. The van der Waals surface area contributed by atoms with Gasteiger partial charge in [-0.05, 0) is 66.1 Å². The van der Waals surface area contributed by atoms with Crippen LogP contribution in [0, 0.1) is 22.6 Å². The molecule has 0 saturated carbocycles. The van der Waals surface area contributed by atoms with Crippen molar-refractivity contribution in [1.82, 2.24) is 15.1 Å². The fraction of sp³-hybridized carbons (Fsp3) is 0.400. The third-order valence-corrected chi connectivity index (χ3v) is 11.9. The summed E-state index contributed by atoms with van der Waals surface area (Å²) in [6, 6.07) is 20.5. The molecule has 70 heavy (non-hydrogen) atoms. The molecule has 2 fully saturated rings. The Balaban J connectivity index is 0.724. The van der Waals surface area contributed by atoms with E-state index in [1.807, 2.05) is 24.3 Å². The van der Waals surface area contributed by atoms with Gasteiger partial charge in [0, 0.05) is 55.0 Å². The van der Waals surface area contributed by atoms with Gasteiger partial charge in [-0.25, -0.2) is 4.39 Å². The first-order valence-corrected chi connectivity index (χ1v) is 22.6. The molecule has 20 heteroatoms. The van der Waals surface area contributed by atoms with Crippen LogP contribution in [-0.4, -0.2) is 124 Å². The number of carbonyl (C=O) groups is 5. The fourth-order valence-corrected chi connectivity index (χ4v) is 8.35. The number of halogens is 4. The van der Waals surface area contributed by atoms with Crippen molar-refractivity contribution < 1.29 is 65.2 Å². The van der Waals surface area contributed by atoms with Crippen molar-refractivity contribution in [3.63, 3.8) is 0 Å². The fourth-order valence-electron chi connectivity index (χ4n) is 8.35. The van der Waals surface area contributed by atoms with Gasteiger partial charge in [-0.1, -0.05) is 44.2 Å². The number of imide groups is 2. The first-order valence-electron chi connectivity index (χ1n) is 22.6. The van der Waals surface area contributed by atoms with Gasteiger partial charge in [-0.3, -0.25) is 34.2 Å². The zero-order valence-corrected chi connectivity index (χ0v) is 38.5. The summed E-state index contributed by atoms with van der Waals surface area (Å²) in [6.45, 7) is 7.43. The number of fused-ring (bicyclic) bond motifs is 1. The predicted molar refractivity (Wildman–Crippen MR) is 245 cm³/mol. The third-order valence-electron chi connectivity index (χ3n) is 11.9. The maximum Gasteiger partial charge on any atom is 0.417 e. The van der Waals surface area contributed by atoms with E-state index in [2.05, 4.69) is 16.0 Å². The molecule has 0 aromatic heterocycles. The number of likely N-dealkylation sites (tertiary alicyclic amines) is 1. The van der Waals surface area contributed by atoms with E-state index in [0.717, 1.165) is 22.2 Å². The molecule has 0 aliphatic carbocycles. The van der Waals surface area contributed by atoms with Crippen LogP contribution in [0.4, 0.5) is 28.9 Å². The normalized spacial score (nSPS) is 17.7. The molecule has 4 aromatic carbocycles. The minimum atomic E-state index is -4.78. The Labute approximate surface area is 401 Å². The van der Waals surface area contributed by atoms with Crippen LogP contribution in [0.2, 0.25) is 0 Å². The van der Waals surface area contributed by atoms with Gasteiger partial charge in [0.2, 0.25) is 11.8 Å². The Morgan fingerprint density at radius 3 is 2.06 bits per heavy atom. The summed E-state index contributed by atoms with van der Waals surface area (Å²) < 4.78 is 84.2. The molecule has 5 amide bonds. The molecule has 2 saturated heterocycles. The summed E-state index contributed by atoms with van der Waals surface area (Å²) >= 11 is 0. The SMILES string of the molecule is CC1(C)CN(Cc2ccc(-c3ccc(NCCOCCOCCOCCOCCNc4cccc5c4C(=O)N(C4CCC(=O)NC4=O)C5=O)cc3)cc2F)C(=O)C1Oc1ccc(C#N)c(C(F)(F)F)c1. The summed E-state index contributed by atoms with van der Waals surface area (Å²) in [4.78, 5) is 65.9. The summed E-state index contributed by atoms with van der Waals surface area (Å²) in [6.07, 6.45) is -5.79. The summed E-state index contributed by atoms with van der Waals surface area (Å²) in [5.74, 6) is -3.45. The maximum atomic E-state index is 15.5. The zero-order valence-electron chi connectivity index (χ0n) is 38.5. The van der Waals surface area contributed by atoms with E-state index in [-0.39, 0.29) is 48.4 Å². The lowest BCUT2D eigenvalue weighted by molar-refractivity contribution is -0.138. The summed E-state index contributed by atoms with van der Waals surface area (Å²) in [7, 11) is 0. The van der Waals surface area contributed by atoms with E-state index < -0.39 is 70.2 Å². The van der Waals surface area contributed by atoms with Crippen LogP contribution in [-0.2, 0) is 46.1 Å². The quantitative estimate of drug-likeness (QED) is 0.0433. The molecule has 2 unspecified atom stereocenters. The number of ether oxygens (including phenoxy) is 5. The molecule has 3 aliphatic heterocycles. The molecule has 3 aliphatic rings. The number of nitrogens with one attached hydrogen (secondary N) is 3. The molecular formula is C50H52F4N6O10. The van der Waals surface area contributed by atoms with Gasteiger partial charge in [0.15, 0.2) is 6.10 Å². The number of hydrogen-bond donors (Lipinski definition) is 3. The van der Waals surface area contributed by atoms with Crippen molar-refractivity contribution in [2.45, 2.75) is 51.6 Å². The standard InChI is InChI=1S/C50H52F4N6O10/c1-49(2)30-59(48(65)44(49)70-36-13-10-33(28-55)38(27-36)50(52,53)54)29-34-7-6-32(26-39(34)51)31-8-11-35(12-9-31)56-16-18-66-20-22-68-24-25-69-23-21-67-19-17-57-40-5-3-4-37-43(40)47(64)60(46(37)63)41-14-15-42(61)58-45(41)62/h3-13,26-27,41,44,56-57H,14-25,29-30H2,1-2H3,(H,58,61,62). The number of amides is 5. The van der Waals surface area contributed by atoms with E-state index in [1.54, 1.807) is 38.1 Å². The lowest BCUT2D eigenvalue weighted by atomic mass is 9.89. The van der Waals surface area contributed by atoms with Gasteiger partial charge >= 0.3 is 6.18 Å². The Morgan fingerprint density at radius 2 is 1.43 bits per heavy atom. The van der Waals surface area contributed by atoms with Crippen LogP contribution in [0.5, 0.6) is 5.75 Å². The van der Waals surface area contributed by atoms with E-state index in [4.69, 9.17) is 28.9 Å². The third kappa shape index (κ3) is 12.3.